The predicted octanol–water partition coefficient (Wildman–Crippen LogP) is 7.36. The van der Waals surface area contributed by atoms with Crippen molar-refractivity contribution in [1.29, 1.82) is 5.26 Å². The van der Waals surface area contributed by atoms with Crippen molar-refractivity contribution in [2.75, 3.05) is 5.32 Å². The lowest BCUT2D eigenvalue weighted by Crippen LogP contribution is -2.14. The number of rotatable bonds is 6. The van der Waals surface area contributed by atoms with Gasteiger partial charge in [-0.15, -0.1) is 0 Å². The van der Waals surface area contributed by atoms with E-state index in [4.69, 9.17) is 4.74 Å². The van der Waals surface area contributed by atoms with Crippen molar-refractivity contribution in [3.05, 3.63) is 97.9 Å². The molecule has 9 heteroatoms. The Morgan fingerprint density at radius 2 is 1.82 bits per heavy atom. The maximum absolute atomic E-state index is 12.9. The molecule has 3 aromatic rings. The molecule has 0 bridgehead atoms. The van der Waals surface area contributed by atoms with Crippen LogP contribution in [0, 0.1) is 11.3 Å². The van der Waals surface area contributed by atoms with E-state index in [1.807, 2.05) is 24.3 Å². The summed E-state index contributed by atoms with van der Waals surface area (Å²) >= 11 is 6.80. The Labute approximate surface area is 204 Å². The van der Waals surface area contributed by atoms with Crippen LogP contribution in [0.25, 0.3) is 6.08 Å². The molecule has 168 valence electrons. The minimum atomic E-state index is -4.55. The first-order valence-electron chi connectivity index (χ1n) is 9.43. The number of halogens is 5. The van der Waals surface area contributed by atoms with Gasteiger partial charge in [-0.05, 0) is 48.5 Å². The Kier molecular flexibility index (Phi) is 7.95. The van der Waals surface area contributed by atoms with Crippen LogP contribution >= 0.6 is 31.9 Å². The van der Waals surface area contributed by atoms with Gasteiger partial charge < -0.3 is 10.1 Å². The molecule has 0 atom stereocenters. The van der Waals surface area contributed by atoms with E-state index in [1.165, 1.54) is 18.2 Å². The second kappa shape index (κ2) is 10.7. The van der Waals surface area contributed by atoms with Crippen LogP contribution in [0.15, 0.2) is 81.2 Å². The Morgan fingerprint density at radius 1 is 1.06 bits per heavy atom. The monoisotopic (exact) mass is 578 g/mol. The van der Waals surface area contributed by atoms with Crippen LogP contribution < -0.4 is 10.1 Å². The zero-order valence-electron chi connectivity index (χ0n) is 16.8. The van der Waals surface area contributed by atoms with Gasteiger partial charge in [-0.2, -0.15) is 18.4 Å². The van der Waals surface area contributed by atoms with Crippen molar-refractivity contribution in [1.82, 2.24) is 0 Å². The van der Waals surface area contributed by atoms with Crippen molar-refractivity contribution in [2.24, 2.45) is 0 Å². The number of benzene rings is 3. The number of hydrogen-bond donors (Lipinski definition) is 1. The molecule has 1 amide bonds. The van der Waals surface area contributed by atoms with Gasteiger partial charge in [0.15, 0.2) is 0 Å². The van der Waals surface area contributed by atoms with E-state index in [0.29, 0.717) is 15.8 Å². The number of alkyl halides is 3. The molecule has 0 saturated heterocycles. The lowest BCUT2D eigenvalue weighted by atomic mass is 10.1. The van der Waals surface area contributed by atoms with Gasteiger partial charge >= 0.3 is 6.18 Å². The number of anilines is 1. The first-order valence-corrected chi connectivity index (χ1v) is 11.0. The van der Waals surface area contributed by atoms with Crippen LogP contribution in [-0.2, 0) is 17.6 Å². The summed E-state index contributed by atoms with van der Waals surface area (Å²) in [6, 6.07) is 18.6. The van der Waals surface area contributed by atoms with Crippen LogP contribution in [0.1, 0.15) is 16.7 Å². The summed E-state index contributed by atoms with van der Waals surface area (Å²) in [5, 5.41) is 11.8. The lowest BCUT2D eigenvalue weighted by Gasteiger charge is -2.12. The van der Waals surface area contributed by atoms with Gasteiger partial charge in [-0.25, -0.2) is 0 Å². The zero-order valence-corrected chi connectivity index (χ0v) is 20.0. The number of nitrogens with zero attached hydrogens (tertiary/aromatic N) is 1. The summed E-state index contributed by atoms with van der Waals surface area (Å²) in [7, 11) is 0. The molecule has 0 saturated carbocycles. The second-order valence-electron chi connectivity index (χ2n) is 6.76. The fraction of sp³-hybridized carbons (Fsp3) is 0.0833. The van der Waals surface area contributed by atoms with Gasteiger partial charge in [0.1, 0.15) is 24.0 Å². The fourth-order valence-electron chi connectivity index (χ4n) is 2.81. The van der Waals surface area contributed by atoms with Crippen molar-refractivity contribution >= 4 is 49.5 Å². The van der Waals surface area contributed by atoms with Crippen molar-refractivity contribution in [3.8, 4) is 11.8 Å². The molecule has 33 heavy (non-hydrogen) atoms. The summed E-state index contributed by atoms with van der Waals surface area (Å²) in [5.41, 5.74) is 0.0784. The third-order valence-corrected chi connectivity index (χ3v) is 5.69. The molecule has 0 fully saturated rings. The highest BCUT2D eigenvalue weighted by Gasteiger charge is 2.30. The molecule has 3 rings (SSSR count). The van der Waals surface area contributed by atoms with E-state index in [1.54, 1.807) is 24.3 Å². The Balaban J connectivity index is 1.84. The molecule has 0 aliphatic heterocycles. The molecule has 1 N–H and O–H groups in total. The topological polar surface area (TPSA) is 62.1 Å². The Morgan fingerprint density at radius 3 is 2.52 bits per heavy atom. The quantitative estimate of drug-likeness (QED) is 0.245. The minimum Gasteiger partial charge on any atom is -0.488 e. The van der Waals surface area contributed by atoms with Crippen molar-refractivity contribution < 1.29 is 22.7 Å². The smallest absolute Gasteiger partial charge is 0.416 e. The molecule has 0 spiro atoms. The maximum Gasteiger partial charge on any atom is 0.416 e. The summed E-state index contributed by atoms with van der Waals surface area (Å²) < 4.78 is 46.2. The summed E-state index contributed by atoms with van der Waals surface area (Å²) in [4.78, 5) is 12.6. The average molecular weight is 580 g/mol. The van der Waals surface area contributed by atoms with Crippen LogP contribution in [0.5, 0.6) is 5.75 Å². The van der Waals surface area contributed by atoms with Crippen LogP contribution in [-0.4, -0.2) is 5.91 Å². The van der Waals surface area contributed by atoms with Gasteiger partial charge in [-0.1, -0.05) is 56.1 Å². The molecule has 4 nitrogen and oxygen atoms in total. The normalized spacial score (nSPS) is 11.6. The number of hydrogen-bond acceptors (Lipinski definition) is 3. The summed E-state index contributed by atoms with van der Waals surface area (Å²) in [6.07, 6.45) is -3.23. The van der Waals surface area contributed by atoms with Crippen LogP contribution in [0.3, 0.4) is 0 Å². The van der Waals surface area contributed by atoms with Crippen molar-refractivity contribution in [2.45, 2.75) is 12.8 Å². The summed E-state index contributed by atoms with van der Waals surface area (Å²) in [6.45, 7) is 0.238. The molecule has 0 unspecified atom stereocenters. The molecule has 0 radical (unpaired) electrons. The SMILES string of the molecule is N#C/C(=C\c1cc(Br)ccc1OCc1ccccc1Br)C(=O)Nc1cccc(C(F)(F)F)c1. The second-order valence-corrected chi connectivity index (χ2v) is 8.53. The predicted molar refractivity (Wildman–Crippen MR) is 126 cm³/mol. The van der Waals surface area contributed by atoms with Crippen molar-refractivity contribution in [3.63, 3.8) is 0 Å². The highest BCUT2D eigenvalue weighted by molar-refractivity contribution is 9.10. The molecule has 0 heterocycles. The molecule has 0 aliphatic rings. The van der Waals surface area contributed by atoms with E-state index in [-0.39, 0.29) is 17.9 Å². The van der Waals surface area contributed by atoms with E-state index < -0.39 is 17.6 Å². The highest BCUT2D eigenvalue weighted by atomic mass is 79.9. The van der Waals surface area contributed by atoms with Gasteiger partial charge in [0.25, 0.3) is 5.91 Å². The number of nitrogens with one attached hydrogen (secondary N) is 1. The third-order valence-electron chi connectivity index (χ3n) is 4.43. The number of amides is 1. The van der Waals surface area contributed by atoms with Gasteiger partial charge in [-0.3, -0.25) is 4.79 Å². The van der Waals surface area contributed by atoms with Gasteiger partial charge in [0, 0.05) is 25.8 Å². The molecule has 0 aromatic heterocycles. The molecular formula is C24H15Br2F3N2O2. The largest absolute Gasteiger partial charge is 0.488 e. The maximum atomic E-state index is 12.9. The van der Waals surface area contributed by atoms with E-state index in [2.05, 4.69) is 37.2 Å². The standard InChI is InChI=1S/C24H15Br2F3N2O2/c25-19-8-9-22(33-14-15-4-1-2-7-21(15)26)16(11-19)10-17(13-30)23(32)31-20-6-3-5-18(12-20)24(27,28)29/h1-12H,14H2,(H,31,32)/b17-10+. The molecular weight excluding hydrogens is 565 g/mol. The van der Waals surface area contributed by atoms with E-state index in [9.17, 15) is 23.2 Å². The number of ether oxygens (including phenoxy) is 1. The number of nitriles is 1. The number of carbonyl (C=O) groups is 1. The van der Waals surface area contributed by atoms with Gasteiger partial charge in [0.2, 0.25) is 0 Å². The van der Waals surface area contributed by atoms with Crippen LogP contribution in [0.2, 0.25) is 0 Å². The fourth-order valence-corrected chi connectivity index (χ4v) is 3.59. The van der Waals surface area contributed by atoms with Gasteiger partial charge in [0.05, 0.1) is 5.56 Å². The first-order chi connectivity index (χ1) is 15.7. The van der Waals surface area contributed by atoms with E-state index >= 15 is 0 Å². The summed E-state index contributed by atoms with van der Waals surface area (Å²) in [5.74, 6) is -0.415. The Hall–Kier alpha value is -3.09. The highest BCUT2D eigenvalue weighted by Crippen LogP contribution is 2.31. The zero-order chi connectivity index (χ0) is 24.0. The molecule has 3 aromatic carbocycles. The first kappa shape index (κ1) is 24.6. The molecule has 0 aliphatic carbocycles. The minimum absolute atomic E-state index is 0.0735. The van der Waals surface area contributed by atoms with E-state index in [0.717, 1.165) is 22.2 Å². The Bertz CT molecular complexity index is 1250. The average Bonchev–Trinajstić information content (AvgIpc) is 2.77. The lowest BCUT2D eigenvalue weighted by molar-refractivity contribution is -0.137. The number of carbonyl (C=O) groups excluding carboxylic acids is 1. The van der Waals surface area contributed by atoms with Crippen LogP contribution in [0.4, 0.5) is 18.9 Å². The third kappa shape index (κ3) is 6.70.